The minimum atomic E-state index is -0.0417. The van der Waals surface area contributed by atoms with Crippen LogP contribution in [0.3, 0.4) is 0 Å². The van der Waals surface area contributed by atoms with Crippen LogP contribution < -0.4 is 14.8 Å². The summed E-state index contributed by atoms with van der Waals surface area (Å²) in [6.07, 6.45) is 3.87. The highest BCUT2D eigenvalue weighted by Crippen LogP contribution is 2.32. The molecule has 2 aromatic rings. The highest BCUT2D eigenvalue weighted by molar-refractivity contribution is 5.94. The number of aromatic nitrogens is 1. The second kappa shape index (κ2) is 6.99. The van der Waals surface area contributed by atoms with Crippen molar-refractivity contribution in [3.05, 3.63) is 36.0 Å². The Hall–Kier alpha value is -2.54. The quantitative estimate of drug-likeness (QED) is 0.887. The molecule has 26 heavy (non-hydrogen) atoms. The van der Waals surface area contributed by atoms with Gasteiger partial charge in [0.15, 0.2) is 0 Å². The van der Waals surface area contributed by atoms with E-state index in [0.717, 1.165) is 13.1 Å². The Bertz CT molecular complexity index is 763. The Morgan fingerprint density at radius 2 is 2.00 bits per heavy atom. The van der Waals surface area contributed by atoms with E-state index in [-0.39, 0.29) is 24.0 Å². The monoisotopic (exact) mass is 357 g/mol. The SMILES string of the molecule is COc1cnc(Oc2ccc(C(=O)N[C@@H]3C4CCN(CC4)C3C)cc2)o1. The molecule has 4 heterocycles. The van der Waals surface area contributed by atoms with Crippen LogP contribution in [0.25, 0.3) is 0 Å². The largest absolute Gasteiger partial charge is 0.467 e. The summed E-state index contributed by atoms with van der Waals surface area (Å²) in [7, 11) is 1.49. The molecule has 0 aliphatic carbocycles. The molecule has 138 valence electrons. The number of fused-ring (bicyclic) bond motifs is 3. The molecule has 1 aromatic heterocycles. The predicted octanol–water partition coefficient (Wildman–Crippen LogP) is 2.69. The lowest BCUT2D eigenvalue weighted by molar-refractivity contribution is 0.0217. The highest BCUT2D eigenvalue weighted by atomic mass is 16.7. The molecule has 3 aliphatic rings. The van der Waals surface area contributed by atoms with Crippen LogP contribution in [0.15, 0.2) is 34.9 Å². The van der Waals surface area contributed by atoms with Gasteiger partial charge in [0.05, 0.1) is 7.11 Å². The molecule has 1 N–H and O–H groups in total. The fraction of sp³-hybridized carbons (Fsp3) is 0.474. The summed E-state index contributed by atoms with van der Waals surface area (Å²) in [6, 6.07) is 7.57. The first kappa shape index (κ1) is 16.9. The number of methoxy groups -OCH3 is 1. The molecule has 2 bridgehead atoms. The summed E-state index contributed by atoms with van der Waals surface area (Å²) >= 11 is 0. The van der Waals surface area contributed by atoms with Gasteiger partial charge in [-0.15, -0.1) is 0 Å². The molecule has 7 nitrogen and oxygen atoms in total. The molecule has 0 radical (unpaired) electrons. The summed E-state index contributed by atoms with van der Waals surface area (Å²) in [5.41, 5.74) is 0.617. The fourth-order valence-electron chi connectivity index (χ4n) is 3.94. The van der Waals surface area contributed by atoms with Crippen molar-refractivity contribution in [2.24, 2.45) is 5.92 Å². The topological polar surface area (TPSA) is 76.8 Å². The number of nitrogens with zero attached hydrogens (tertiary/aromatic N) is 2. The second-order valence-corrected chi connectivity index (χ2v) is 6.89. The molecule has 7 heteroatoms. The van der Waals surface area contributed by atoms with Crippen LogP contribution in [0.1, 0.15) is 30.1 Å². The Morgan fingerprint density at radius 3 is 2.62 bits per heavy atom. The number of carbonyl (C=O) groups is 1. The first-order valence-electron chi connectivity index (χ1n) is 8.96. The van der Waals surface area contributed by atoms with Gasteiger partial charge in [0.2, 0.25) is 0 Å². The molecule has 2 atom stereocenters. The number of piperidine rings is 3. The Kier molecular flexibility index (Phi) is 4.55. The van der Waals surface area contributed by atoms with Gasteiger partial charge in [0.1, 0.15) is 11.9 Å². The number of amides is 1. The van der Waals surface area contributed by atoms with E-state index >= 15 is 0 Å². The van der Waals surface area contributed by atoms with Crippen molar-refractivity contribution in [2.45, 2.75) is 31.8 Å². The molecule has 1 amide bonds. The molecular weight excluding hydrogens is 334 g/mol. The maximum absolute atomic E-state index is 12.6. The van der Waals surface area contributed by atoms with E-state index in [4.69, 9.17) is 13.9 Å². The van der Waals surface area contributed by atoms with Crippen molar-refractivity contribution in [1.82, 2.24) is 15.2 Å². The number of hydrogen-bond donors (Lipinski definition) is 1. The van der Waals surface area contributed by atoms with Gasteiger partial charge in [0.25, 0.3) is 5.91 Å². The molecule has 0 saturated carbocycles. The van der Waals surface area contributed by atoms with E-state index in [1.807, 2.05) is 0 Å². The number of benzene rings is 1. The van der Waals surface area contributed by atoms with E-state index in [9.17, 15) is 4.79 Å². The molecule has 3 aliphatic heterocycles. The number of carbonyl (C=O) groups excluding carboxylic acids is 1. The summed E-state index contributed by atoms with van der Waals surface area (Å²) in [5, 5.41) is 3.23. The normalized spacial score (nSPS) is 27.2. The average molecular weight is 357 g/mol. The third-order valence-corrected chi connectivity index (χ3v) is 5.46. The molecule has 3 saturated heterocycles. The van der Waals surface area contributed by atoms with Crippen LogP contribution in [-0.2, 0) is 0 Å². The van der Waals surface area contributed by atoms with Crippen LogP contribution in [0.5, 0.6) is 17.8 Å². The van der Waals surface area contributed by atoms with Gasteiger partial charge in [0, 0.05) is 17.6 Å². The Morgan fingerprint density at radius 1 is 1.27 bits per heavy atom. The fourth-order valence-corrected chi connectivity index (χ4v) is 3.94. The number of ether oxygens (including phenoxy) is 2. The third-order valence-electron chi connectivity index (χ3n) is 5.46. The molecule has 5 rings (SSSR count). The molecular formula is C19H23N3O4. The maximum atomic E-state index is 12.6. The zero-order chi connectivity index (χ0) is 18.1. The van der Waals surface area contributed by atoms with E-state index in [2.05, 4.69) is 22.1 Å². The molecule has 1 unspecified atom stereocenters. The number of oxazole rings is 1. The summed E-state index contributed by atoms with van der Waals surface area (Å²) in [6.45, 7) is 4.50. The van der Waals surface area contributed by atoms with E-state index < -0.39 is 0 Å². The summed E-state index contributed by atoms with van der Waals surface area (Å²) in [4.78, 5) is 19.0. The molecule has 0 spiro atoms. The zero-order valence-electron chi connectivity index (χ0n) is 15.0. The summed E-state index contributed by atoms with van der Waals surface area (Å²) < 4.78 is 15.6. The van der Waals surface area contributed by atoms with E-state index in [0.29, 0.717) is 23.3 Å². The van der Waals surface area contributed by atoms with Crippen molar-refractivity contribution in [2.75, 3.05) is 20.2 Å². The number of hydrogen-bond acceptors (Lipinski definition) is 6. The smallest absolute Gasteiger partial charge is 0.402 e. The van der Waals surface area contributed by atoms with Crippen molar-refractivity contribution in [1.29, 1.82) is 0 Å². The Labute approximate surface area is 152 Å². The van der Waals surface area contributed by atoms with Gasteiger partial charge >= 0.3 is 12.0 Å². The standard InChI is InChI=1S/C19H23N3O4/c1-12-17(13-7-9-22(12)10-8-13)21-18(23)14-3-5-15(6-4-14)25-19-20-11-16(24-2)26-19/h3-6,11-13,17H,7-10H2,1-2H3,(H,21,23)/t12?,17-/m0/s1. The summed E-state index contributed by atoms with van der Waals surface area (Å²) in [5.74, 6) is 1.37. The van der Waals surface area contributed by atoms with Gasteiger partial charge < -0.3 is 19.2 Å². The first-order valence-corrected chi connectivity index (χ1v) is 8.96. The predicted molar refractivity (Wildman–Crippen MR) is 94.6 cm³/mol. The van der Waals surface area contributed by atoms with E-state index in [1.165, 1.54) is 26.1 Å². The van der Waals surface area contributed by atoms with Gasteiger partial charge in [-0.1, -0.05) is 0 Å². The average Bonchev–Trinajstić information content (AvgIpc) is 3.13. The minimum Gasteiger partial charge on any atom is -0.467 e. The molecule has 3 fully saturated rings. The lowest BCUT2D eigenvalue weighted by Gasteiger charge is -2.49. The second-order valence-electron chi connectivity index (χ2n) is 6.89. The number of rotatable bonds is 5. The zero-order valence-corrected chi connectivity index (χ0v) is 15.0. The van der Waals surface area contributed by atoms with Crippen LogP contribution in [0.4, 0.5) is 0 Å². The van der Waals surface area contributed by atoms with Crippen molar-refractivity contribution in [3.8, 4) is 17.8 Å². The van der Waals surface area contributed by atoms with Gasteiger partial charge in [-0.2, -0.15) is 4.98 Å². The minimum absolute atomic E-state index is 0.0417. The molecule has 1 aromatic carbocycles. The highest BCUT2D eigenvalue weighted by Gasteiger charge is 2.40. The van der Waals surface area contributed by atoms with Gasteiger partial charge in [-0.05, 0) is 63.0 Å². The van der Waals surface area contributed by atoms with Crippen molar-refractivity contribution < 1.29 is 18.7 Å². The third kappa shape index (κ3) is 3.26. The Balaban J connectivity index is 1.39. The van der Waals surface area contributed by atoms with Gasteiger partial charge in [-0.25, -0.2) is 0 Å². The lowest BCUT2D eigenvalue weighted by Crippen LogP contribution is -2.62. The van der Waals surface area contributed by atoms with Crippen molar-refractivity contribution >= 4 is 5.91 Å². The van der Waals surface area contributed by atoms with E-state index in [1.54, 1.807) is 24.3 Å². The first-order chi connectivity index (χ1) is 12.6. The van der Waals surface area contributed by atoms with Crippen LogP contribution in [0.2, 0.25) is 0 Å². The number of nitrogens with one attached hydrogen (secondary N) is 1. The van der Waals surface area contributed by atoms with Crippen LogP contribution in [-0.4, -0.2) is 48.1 Å². The lowest BCUT2D eigenvalue weighted by atomic mass is 9.79. The van der Waals surface area contributed by atoms with Crippen LogP contribution in [0, 0.1) is 5.92 Å². The van der Waals surface area contributed by atoms with Crippen LogP contribution >= 0.6 is 0 Å². The van der Waals surface area contributed by atoms with Gasteiger partial charge in [-0.3, -0.25) is 9.69 Å². The van der Waals surface area contributed by atoms with Crippen molar-refractivity contribution in [3.63, 3.8) is 0 Å². The maximum Gasteiger partial charge on any atom is 0.402 e.